The summed E-state index contributed by atoms with van der Waals surface area (Å²) in [4.78, 5) is 7.27. The van der Waals surface area contributed by atoms with Crippen molar-refractivity contribution < 1.29 is 57.4 Å². The number of halogens is 12. The molecule has 126 heavy (non-hydrogen) atoms. The summed E-state index contributed by atoms with van der Waals surface area (Å²) in [6.45, 7) is 14.1. The van der Waals surface area contributed by atoms with E-state index in [1.165, 1.54) is 102 Å². The van der Waals surface area contributed by atoms with Crippen LogP contribution in [0, 0.1) is 132 Å². The molecule has 2 aromatic heterocycles. The summed E-state index contributed by atoms with van der Waals surface area (Å²) >= 11 is 2.45. The Morgan fingerprint density at radius 1 is 0.246 bits per heavy atom. The van der Waals surface area contributed by atoms with E-state index < -0.39 is 118 Å². The Labute approximate surface area is 724 Å². The molecular weight excluding hydrogens is 1650 g/mol. The predicted molar refractivity (Wildman–Crippen MR) is 490 cm³/mol. The molecule has 23 rings (SSSR count). The van der Waals surface area contributed by atoms with E-state index in [2.05, 4.69) is 0 Å². The lowest BCUT2D eigenvalue weighted by molar-refractivity contribution is 0.488. The quantitative estimate of drug-likeness (QED) is 0.111. The first-order chi connectivity index (χ1) is 60.7. The van der Waals surface area contributed by atoms with Crippen LogP contribution < -0.4 is 77.0 Å². The number of anilines is 15. The summed E-state index contributed by atoms with van der Waals surface area (Å²) in [7, 11) is 0. The maximum Gasteiger partial charge on any atom is 0.264 e. The van der Waals surface area contributed by atoms with E-state index in [1.807, 2.05) is 135 Å². The second-order valence-electron chi connectivity index (χ2n) is 33.8. The van der Waals surface area contributed by atoms with Crippen molar-refractivity contribution in [2.45, 2.75) is 62.3 Å². The van der Waals surface area contributed by atoms with Gasteiger partial charge in [0.05, 0.1) is 11.4 Å². The third-order valence-corrected chi connectivity index (χ3v) is 28.4. The summed E-state index contributed by atoms with van der Waals surface area (Å²) in [5.41, 5.74) is 12.3. The van der Waals surface area contributed by atoms with Gasteiger partial charge in [-0.3, -0.25) is 0 Å². The van der Waals surface area contributed by atoms with Crippen LogP contribution in [0.15, 0.2) is 224 Å². The van der Waals surface area contributed by atoms with E-state index in [9.17, 15) is 0 Å². The lowest BCUT2D eigenvalue weighted by atomic mass is 9.30. The van der Waals surface area contributed by atoms with Crippen molar-refractivity contribution in [3.05, 3.63) is 344 Å². The molecule has 0 spiro atoms. The van der Waals surface area contributed by atoms with Crippen molar-refractivity contribution in [3.8, 4) is 44.9 Å². The van der Waals surface area contributed by atoms with Crippen LogP contribution in [0.1, 0.15) is 50.1 Å². The van der Waals surface area contributed by atoms with Gasteiger partial charge in [0, 0.05) is 81.3 Å². The van der Waals surface area contributed by atoms with Gasteiger partial charge in [-0.15, -0.1) is 22.7 Å². The number of rotatable bonds is 8. The van der Waals surface area contributed by atoms with Gasteiger partial charge in [0.25, 0.3) is 20.1 Å². The first-order valence-electron chi connectivity index (χ1n) is 41.1. The number of hydrogen-bond donors (Lipinski definition) is 0. The fourth-order valence-corrected chi connectivity index (χ4v) is 24.3. The summed E-state index contributed by atoms with van der Waals surface area (Å²) in [5.74, 6) is -11.1. The zero-order valence-electron chi connectivity index (χ0n) is 68.6. The first kappa shape index (κ1) is 77.2. The molecule has 15 aromatic carbocycles. The molecule has 0 saturated heterocycles. The van der Waals surface area contributed by atoms with Crippen LogP contribution >= 0.6 is 22.7 Å². The van der Waals surface area contributed by atoms with Crippen LogP contribution in [0.4, 0.5) is 138 Å². The Morgan fingerprint density at radius 2 is 0.532 bits per heavy atom. The smallest absolute Gasteiger partial charge is 0.264 e. The number of benzene rings is 15. The number of fused-ring (bicyclic) bond motifs is 16. The fraction of sp³-hybridized carbons (Fsp3) is 0.0874. The highest BCUT2D eigenvalue weighted by molar-refractivity contribution is 7.34. The third-order valence-electron chi connectivity index (χ3n) is 26.0. The highest BCUT2D eigenvalue weighted by Crippen LogP contribution is 2.57. The zero-order valence-corrected chi connectivity index (χ0v) is 70.2. The SMILES string of the molecule is Cc1cc(C)c(-c2cc3c4c(c2)N(c2c(F)cccc2F)c2cc5c(cc2B4c2cc4c(cc2O3)N(c2c(F)cccc2F)c2cc(-c3c(C)cc(C)cc3C)cc3c2B4c2sc4ccc(F)cc4c2N3c2c(F)cccc2F)B2c3sc4ccc(F)cc4c3N(c3c(F)cccc3F)c3cc(-c4c(C)cc(C)cc4C)cc(c32)N5c2c(F)cccc2F)c(C)c1. The molecule has 0 bridgehead atoms. The predicted octanol–water partition coefficient (Wildman–Crippen LogP) is 24.1. The van der Waals surface area contributed by atoms with Crippen LogP contribution in [-0.4, -0.2) is 20.1 Å². The minimum atomic E-state index is -1.19. The molecule has 6 aliphatic heterocycles. The monoisotopic (exact) mass is 1710 g/mol. The molecule has 0 N–H and O–H groups in total. The van der Waals surface area contributed by atoms with E-state index in [-0.39, 0.29) is 79.1 Å². The summed E-state index contributed by atoms with van der Waals surface area (Å²) in [5, 5.41) is 0.547. The average Bonchev–Trinajstić information content (AvgIpc) is 1.14. The molecule has 0 aliphatic carbocycles. The van der Waals surface area contributed by atoms with Gasteiger partial charge in [-0.05, 0) is 307 Å². The Bertz CT molecular complexity index is 7670. The molecule has 0 fully saturated rings. The van der Waals surface area contributed by atoms with Crippen molar-refractivity contribution in [1.29, 1.82) is 0 Å². The standard InChI is InChI=1S/C103H64B3F12N5OS2/c1-47-29-50(4)89(51(5)30-47)56-35-80-92-82(37-56)122(100-73(115)21-13-22-74(100)116)95-61-41-59(107)25-27-87(61)125-102(95)105(92)64-43-63-77(45-78(64)119(80)97-67(109)15-10-16-68(97)110)120(98-69(111)17-11-18-70(98)112)84-39-58(91-54(8)33-49(3)34-55(91)9)40-86-94(84)104(63)66-44-65-79(46-85(66)124-86)121(99-71(113)19-12-20-72(99)114)81-36-57(90-52(6)31-48(2)32-53(90)7)38-83-93(81)106(65)103-96(62-42-60(108)26-28-88(62)126-103)123(83)101-75(117)23-14-24-76(101)118/h10-46H,1-9H3. The van der Waals surface area contributed by atoms with Crippen LogP contribution in [-0.2, 0) is 0 Å². The maximum absolute atomic E-state index is 18.3. The molecule has 6 nitrogen and oxygen atoms in total. The van der Waals surface area contributed by atoms with Crippen LogP contribution in [0.2, 0.25) is 0 Å². The number of nitrogens with zero attached hydrogens (tertiary/aromatic N) is 5. The first-order valence-corrected chi connectivity index (χ1v) is 42.8. The van der Waals surface area contributed by atoms with Crippen molar-refractivity contribution in [2.24, 2.45) is 0 Å². The topological polar surface area (TPSA) is 25.4 Å². The molecule has 6 aliphatic rings. The third kappa shape index (κ3) is 11.0. The highest BCUT2D eigenvalue weighted by Gasteiger charge is 2.54. The minimum Gasteiger partial charge on any atom is -0.458 e. The van der Waals surface area contributed by atoms with Gasteiger partial charge >= 0.3 is 0 Å². The maximum atomic E-state index is 18.3. The minimum absolute atomic E-state index is 0.0727. The molecule has 0 atom stereocenters. The fourth-order valence-electron chi connectivity index (χ4n) is 21.7. The van der Waals surface area contributed by atoms with E-state index >= 15 is 52.7 Å². The second-order valence-corrected chi connectivity index (χ2v) is 36.0. The lowest BCUT2D eigenvalue weighted by Gasteiger charge is -2.46. The number of hydrogen-bond acceptors (Lipinski definition) is 8. The van der Waals surface area contributed by atoms with Crippen LogP contribution in [0.5, 0.6) is 11.5 Å². The normalized spacial score (nSPS) is 13.5. The number of ether oxygens (including phenoxy) is 1. The van der Waals surface area contributed by atoms with Crippen molar-refractivity contribution in [2.75, 3.05) is 24.5 Å². The van der Waals surface area contributed by atoms with Gasteiger partial charge in [0.15, 0.2) is 0 Å². The zero-order chi connectivity index (χ0) is 86.8. The highest BCUT2D eigenvalue weighted by atomic mass is 32.1. The second kappa shape index (κ2) is 27.7. The van der Waals surface area contributed by atoms with Crippen molar-refractivity contribution >= 4 is 196 Å². The van der Waals surface area contributed by atoms with E-state index in [4.69, 9.17) is 4.74 Å². The molecule has 8 heterocycles. The summed E-state index contributed by atoms with van der Waals surface area (Å²) < 4.78 is 223. The average molecular weight is 1710 g/mol. The molecule has 0 radical (unpaired) electrons. The number of para-hydroxylation sites is 5. The van der Waals surface area contributed by atoms with Crippen molar-refractivity contribution in [3.63, 3.8) is 0 Å². The molecule has 17 aromatic rings. The van der Waals surface area contributed by atoms with Crippen molar-refractivity contribution in [1.82, 2.24) is 0 Å². The van der Waals surface area contributed by atoms with Gasteiger partial charge in [-0.1, -0.05) is 95.6 Å². The molecule has 0 unspecified atom stereocenters. The van der Waals surface area contributed by atoms with Crippen LogP contribution in [0.25, 0.3) is 53.6 Å². The Balaban J connectivity index is 0.887. The van der Waals surface area contributed by atoms with E-state index in [0.717, 1.165) is 116 Å². The molecule has 612 valence electrons. The number of aryl methyl sites for hydroxylation is 9. The Hall–Kier alpha value is -13.6. The largest absolute Gasteiger partial charge is 0.458 e. The van der Waals surface area contributed by atoms with Gasteiger partial charge in [-0.2, -0.15) is 0 Å². The molecule has 0 saturated carbocycles. The summed E-state index contributed by atoms with van der Waals surface area (Å²) in [6, 6.07) is 55.8. The Morgan fingerprint density at radius 3 is 0.873 bits per heavy atom. The van der Waals surface area contributed by atoms with E-state index in [1.54, 1.807) is 36.4 Å². The molecule has 0 amide bonds. The Kier molecular flexibility index (Phi) is 17.0. The van der Waals surface area contributed by atoms with Crippen LogP contribution in [0.3, 0.4) is 0 Å². The summed E-state index contributed by atoms with van der Waals surface area (Å²) in [6.07, 6.45) is 0. The number of thiophene rings is 2. The van der Waals surface area contributed by atoms with Gasteiger partial charge in [0.1, 0.15) is 110 Å². The lowest BCUT2D eigenvalue weighted by Crippen LogP contribution is -2.65. The van der Waals surface area contributed by atoms with E-state index in [0.29, 0.717) is 85.0 Å². The molecule has 23 heteroatoms. The van der Waals surface area contributed by atoms with Gasteiger partial charge < -0.3 is 29.2 Å². The van der Waals surface area contributed by atoms with Gasteiger partial charge in [-0.25, -0.2) is 52.7 Å². The van der Waals surface area contributed by atoms with Gasteiger partial charge in [0.2, 0.25) is 0 Å². The molecular formula is C103H64B3F12N5OS2.